The molecule has 15 heavy (non-hydrogen) atoms. The molecule has 1 aromatic carbocycles. The Labute approximate surface area is 94.4 Å². The monoisotopic (exact) mass is 227 g/mol. The van der Waals surface area contributed by atoms with E-state index in [0.29, 0.717) is 16.5 Å². The van der Waals surface area contributed by atoms with Gasteiger partial charge in [-0.3, -0.25) is 0 Å². The minimum absolute atomic E-state index is 0.262. The van der Waals surface area contributed by atoms with Gasteiger partial charge in [-0.15, -0.1) is 6.58 Å². The van der Waals surface area contributed by atoms with E-state index in [1.165, 1.54) is 7.11 Å². The molecule has 0 saturated carbocycles. The Morgan fingerprint density at radius 1 is 1.40 bits per heavy atom. The van der Waals surface area contributed by atoms with Crippen molar-refractivity contribution in [2.24, 2.45) is 5.73 Å². The van der Waals surface area contributed by atoms with Gasteiger partial charge >= 0.3 is 0 Å². The number of benzene rings is 1. The van der Waals surface area contributed by atoms with Gasteiger partial charge in [0.25, 0.3) is 0 Å². The van der Waals surface area contributed by atoms with Gasteiger partial charge in [0.15, 0.2) is 11.5 Å². The smallest absolute Gasteiger partial charge is 0.179 e. The molecule has 0 heterocycles. The molecule has 1 rings (SSSR count). The third kappa shape index (κ3) is 2.43. The summed E-state index contributed by atoms with van der Waals surface area (Å²) in [4.78, 5) is 0. The molecule has 0 fully saturated rings. The Kier molecular flexibility index (Phi) is 4.00. The fourth-order valence-electron chi connectivity index (χ4n) is 1.27. The molecule has 0 radical (unpaired) electrons. The highest BCUT2D eigenvalue weighted by Gasteiger charge is 2.12. The first kappa shape index (κ1) is 11.9. The van der Waals surface area contributed by atoms with Crippen molar-refractivity contribution in [1.29, 1.82) is 0 Å². The largest absolute Gasteiger partial charge is 0.493 e. The molecular weight excluding hydrogens is 214 g/mol. The van der Waals surface area contributed by atoms with Crippen molar-refractivity contribution in [1.82, 2.24) is 0 Å². The van der Waals surface area contributed by atoms with Crippen molar-refractivity contribution >= 4 is 11.6 Å². The van der Waals surface area contributed by atoms with Crippen LogP contribution in [-0.2, 0) is 0 Å². The molecule has 4 heteroatoms. The summed E-state index contributed by atoms with van der Waals surface area (Å²) in [6.07, 6.45) is 1.64. The summed E-state index contributed by atoms with van der Waals surface area (Å²) in [5.74, 6) is 1.08. The molecule has 0 aliphatic carbocycles. The topological polar surface area (TPSA) is 44.5 Å². The lowest BCUT2D eigenvalue weighted by atomic mass is 10.1. The van der Waals surface area contributed by atoms with Crippen molar-refractivity contribution in [2.75, 3.05) is 14.2 Å². The van der Waals surface area contributed by atoms with Crippen LogP contribution in [0.2, 0.25) is 5.02 Å². The van der Waals surface area contributed by atoms with Crippen molar-refractivity contribution in [3.8, 4) is 11.5 Å². The molecule has 0 aliphatic heterocycles. The maximum atomic E-state index is 6.02. The number of ether oxygens (including phenoxy) is 2. The molecular formula is C11H14ClNO2. The lowest BCUT2D eigenvalue weighted by Gasteiger charge is -2.13. The van der Waals surface area contributed by atoms with Gasteiger partial charge in [0.05, 0.1) is 19.2 Å². The predicted octanol–water partition coefficient (Wildman–Crippen LogP) is 2.54. The lowest BCUT2D eigenvalue weighted by Crippen LogP contribution is -2.07. The molecule has 2 N–H and O–H groups in total. The predicted molar refractivity (Wildman–Crippen MR) is 61.7 cm³/mol. The van der Waals surface area contributed by atoms with Crippen LogP contribution >= 0.6 is 11.6 Å². The summed E-state index contributed by atoms with van der Waals surface area (Å²) in [6, 6.07) is 3.27. The van der Waals surface area contributed by atoms with Gasteiger partial charge in [0, 0.05) is 6.04 Å². The Hall–Kier alpha value is -1.19. The second kappa shape index (κ2) is 5.05. The summed E-state index contributed by atoms with van der Waals surface area (Å²) in [6.45, 7) is 3.62. The molecule has 1 aromatic rings. The highest BCUT2D eigenvalue weighted by Crippen LogP contribution is 2.37. The zero-order chi connectivity index (χ0) is 11.4. The van der Waals surface area contributed by atoms with E-state index in [0.717, 1.165) is 5.56 Å². The SMILES string of the molecule is C=CC(N)c1cc(Cl)c(OC)c(OC)c1. The fraction of sp³-hybridized carbons (Fsp3) is 0.273. The van der Waals surface area contributed by atoms with Crippen molar-refractivity contribution in [3.05, 3.63) is 35.4 Å². The molecule has 1 unspecified atom stereocenters. The van der Waals surface area contributed by atoms with Gasteiger partial charge in [-0.05, 0) is 17.7 Å². The average Bonchev–Trinajstić information content (AvgIpc) is 2.26. The van der Waals surface area contributed by atoms with E-state index in [1.807, 2.05) is 0 Å². The minimum atomic E-state index is -0.262. The zero-order valence-electron chi connectivity index (χ0n) is 8.79. The molecule has 3 nitrogen and oxygen atoms in total. The summed E-state index contributed by atoms with van der Waals surface area (Å²) < 4.78 is 10.3. The molecule has 0 spiro atoms. The summed E-state index contributed by atoms with van der Waals surface area (Å²) in [5.41, 5.74) is 6.65. The Bertz CT molecular complexity index is 366. The first-order valence-corrected chi connectivity index (χ1v) is 4.81. The van der Waals surface area contributed by atoms with E-state index < -0.39 is 0 Å². The number of nitrogens with two attached hydrogens (primary N) is 1. The van der Waals surface area contributed by atoms with E-state index in [1.54, 1.807) is 25.3 Å². The van der Waals surface area contributed by atoms with Gasteiger partial charge in [-0.2, -0.15) is 0 Å². The molecule has 0 saturated heterocycles. The fourth-order valence-corrected chi connectivity index (χ4v) is 1.56. The van der Waals surface area contributed by atoms with Crippen molar-refractivity contribution in [3.63, 3.8) is 0 Å². The summed E-state index contributed by atoms with van der Waals surface area (Å²) in [5, 5.41) is 0.476. The third-order valence-electron chi connectivity index (χ3n) is 2.09. The van der Waals surface area contributed by atoms with E-state index >= 15 is 0 Å². The van der Waals surface area contributed by atoms with E-state index in [4.69, 9.17) is 26.8 Å². The second-order valence-corrected chi connectivity index (χ2v) is 3.41. The zero-order valence-corrected chi connectivity index (χ0v) is 9.54. The van der Waals surface area contributed by atoms with E-state index in [9.17, 15) is 0 Å². The number of hydrogen-bond acceptors (Lipinski definition) is 3. The normalized spacial score (nSPS) is 12.0. The van der Waals surface area contributed by atoms with Crippen LogP contribution in [-0.4, -0.2) is 14.2 Å². The minimum Gasteiger partial charge on any atom is -0.493 e. The molecule has 0 amide bonds. The number of hydrogen-bond donors (Lipinski definition) is 1. The van der Waals surface area contributed by atoms with Gasteiger partial charge in [-0.1, -0.05) is 17.7 Å². The van der Waals surface area contributed by atoms with Crippen LogP contribution in [0.5, 0.6) is 11.5 Å². The molecule has 0 bridgehead atoms. The average molecular weight is 228 g/mol. The van der Waals surface area contributed by atoms with Crippen LogP contribution < -0.4 is 15.2 Å². The van der Waals surface area contributed by atoms with Crippen LogP contribution in [0.3, 0.4) is 0 Å². The van der Waals surface area contributed by atoms with Gasteiger partial charge < -0.3 is 15.2 Å². The molecule has 0 aliphatic rings. The van der Waals surface area contributed by atoms with Crippen molar-refractivity contribution in [2.45, 2.75) is 6.04 Å². The second-order valence-electron chi connectivity index (χ2n) is 3.00. The Morgan fingerprint density at radius 3 is 2.53 bits per heavy atom. The van der Waals surface area contributed by atoms with Crippen LogP contribution in [0.4, 0.5) is 0 Å². The quantitative estimate of drug-likeness (QED) is 0.804. The lowest BCUT2D eigenvalue weighted by molar-refractivity contribution is 0.354. The highest BCUT2D eigenvalue weighted by molar-refractivity contribution is 6.32. The molecule has 1 atom stereocenters. The number of methoxy groups -OCH3 is 2. The number of rotatable bonds is 4. The Balaban J connectivity index is 3.25. The van der Waals surface area contributed by atoms with E-state index in [-0.39, 0.29) is 6.04 Å². The standard InChI is InChI=1S/C11H14ClNO2/c1-4-9(13)7-5-8(12)11(15-3)10(6-7)14-2/h4-6,9H,1,13H2,2-3H3. The van der Waals surface area contributed by atoms with Crippen LogP contribution in [0.15, 0.2) is 24.8 Å². The maximum Gasteiger partial charge on any atom is 0.179 e. The third-order valence-corrected chi connectivity index (χ3v) is 2.38. The van der Waals surface area contributed by atoms with E-state index in [2.05, 4.69) is 6.58 Å². The van der Waals surface area contributed by atoms with Gasteiger partial charge in [0.1, 0.15) is 0 Å². The van der Waals surface area contributed by atoms with Gasteiger partial charge in [0.2, 0.25) is 0 Å². The summed E-state index contributed by atoms with van der Waals surface area (Å²) in [7, 11) is 3.09. The molecule has 0 aromatic heterocycles. The number of halogens is 1. The Morgan fingerprint density at radius 2 is 2.07 bits per heavy atom. The maximum absolute atomic E-state index is 6.02. The van der Waals surface area contributed by atoms with Crippen LogP contribution in [0, 0.1) is 0 Å². The highest BCUT2D eigenvalue weighted by atomic mass is 35.5. The molecule has 82 valence electrons. The van der Waals surface area contributed by atoms with Crippen LogP contribution in [0.25, 0.3) is 0 Å². The van der Waals surface area contributed by atoms with Gasteiger partial charge in [-0.25, -0.2) is 0 Å². The summed E-state index contributed by atoms with van der Waals surface area (Å²) >= 11 is 6.02. The first-order valence-electron chi connectivity index (χ1n) is 4.43. The first-order chi connectivity index (χ1) is 7.13. The van der Waals surface area contributed by atoms with Crippen LogP contribution in [0.1, 0.15) is 11.6 Å². The van der Waals surface area contributed by atoms with Crippen molar-refractivity contribution < 1.29 is 9.47 Å².